The third kappa shape index (κ3) is 6.10. The Morgan fingerprint density at radius 3 is 2.54 bits per heavy atom. The summed E-state index contributed by atoms with van der Waals surface area (Å²) in [5.74, 6) is 1.69. The lowest BCUT2D eigenvalue weighted by Gasteiger charge is -2.12. The average Bonchev–Trinajstić information content (AvgIpc) is 3.49. The first-order chi connectivity index (χ1) is 17.1. The highest BCUT2D eigenvalue weighted by Crippen LogP contribution is 2.35. The predicted molar refractivity (Wildman–Crippen MR) is 140 cm³/mol. The van der Waals surface area contributed by atoms with Crippen molar-refractivity contribution in [1.29, 1.82) is 0 Å². The number of benzene rings is 2. The van der Waals surface area contributed by atoms with E-state index in [0.29, 0.717) is 27.3 Å². The molecular formula is C27H25N3O4S. The van der Waals surface area contributed by atoms with Crippen LogP contribution in [0, 0.1) is 0 Å². The lowest BCUT2D eigenvalue weighted by atomic mass is 10.1. The molecule has 2 aromatic carbocycles. The number of hydrogen-bond donors (Lipinski definition) is 0. The van der Waals surface area contributed by atoms with E-state index in [2.05, 4.69) is 10.2 Å². The number of rotatable bonds is 8. The van der Waals surface area contributed by atoms with E-state index in [4.69, 9.17) is 13.9 Å². The zero-order valence-corrected chi connectivity index (χ0v) is 20.5. The van der Waals surface area contributed by atoms with Crippen molar-refractivity contribution in [2.75, 3.05) is 14.2 Å². The average molecular weight is 488 g/mol. The molecule has 1 saturated heterocycles. The highest BCUT2D eigenvalue weighted by Gasteiger charge is 2.34. The van der Waals surface area contributed by atoms with E-state index < -0.39 is 0 Å². The summed E-state index contributed by atoms with van der Waals surface area (Å²) in [7, 11) is 3.16. The second-order valence-electron chi connectivity index (χ2n) is 7.62. The van der Waals surface area contributed by atoms with Crippen LogP contribution in [-0.4, -0.2) is 36.4 Å². The maximum absolute atomic E-state index is 13.3. The molecule has 4 rings (SSSR count). The van der Waals surface area contributed by atoms with Gasteiger partial charge in [-0.15, -0.1) is 5.10 Å². The van der Waals surface area contributed by atoms with Gasteiger partial charge < -0.3 is 13.9 Å². The molecule has 0 radical (unpaired) electrons. The molecule has 1 aliphatic rings. The molecule has 0 N–H and O–H groups in total. The van der Waals surface area contributed by atoms with Crippen LogP contribution in [0.2, 0.25) is 0 Å². The van der Waals surface area contributed by atoms with Gasteiger partial charge in [0.15, 0.2) is 16.7 Å². The number of carbonyl (C=O) groups is 1. The first kappa shape index (κ1) is 24.1. The van der Waals surface area contributed by atoms with E-state index in [1.165, 1.54) is 11.8 Å². The van der Waals surface area contributed by atoms with Gasteiger partial charge in [0.2, 0.25) is 0 Å². The van der Waals surface area contributed by atoms with Crippen molar-refractivity contribution >= 4 is 41.2 Å². The standard InChI is InChI=1S/C27H25N3O4S/c1-19(14-20-8-5-4-6-9-20)17-28-29-27-30(18-22-10-7-13-34-22)26(31)25(35-27)16-21-11-12-23(32-2)24(15-21)33-3/h4-17H,18H2,1-3H3/b19-14+,25-16-,28-17+,29-27-. The quantitative estimate of drug-likeness (QED) is 0.226. The Hall–Kier alpha value is -4.04. The minimum Gasteiger partial charge on any atom is -0.493 e. The number of amides is 1. The Labute approximate surface area is 208 Å². The van der Waals surface area contributed by atoms with E-state index in [0.717, 1.165) is 16.7 Å². The molecule has 0 bridgehead atoms. The molecule has 1 fully saturated rings. The third-order valence-electron chi connectivity index (χ3n) is 5.09. The number of furan rings is 1. The largest absolute Gasteiger partial charge is 0.493 e. The Kier molecular flexibility index (Phi) is 7.84. The fourth-order valence-electron chi connectivity index (χ4n) is 3.39. The molecule has 0 atom stereocenters. The highest BCUT2D eigenvalue weighted by atomic mass is 32.2. The zero-order valence-electron chi connectivity index (χ0n) is 19.7. The molecule has 0 saturated carbocycles. The fourth-order valence-corrected chi connectivity index (χ4v) is 4.33. The number of thioether (sulfide) groups is 1. The Balaban J connectivity index is 1.60. The summed E-state index contributed by atoms with van der Waals surface area (Å²) < 4.78 is 16.1. The number of carbonyl (C=O) groups excluding carboxylic acids is 1. The van der Waals surface area contributed by atoms with Crippen LogP contribution in [0.3, 0.4) is 0 Å². The van der Waals surface area contributed by atoms with Gasteiger partial charge in [-0.2, -0.15) is 5.10 Å². The minimum absolute atomic E-state index is 0.174. The van der Waals surface area contributed by atoms with Crippen LogP contribution in [-0.2, 0) is 11.3 Å². The van der Waals surface area contributed by atoms with Crippen LogP contribution in [0.15, 0.2) is 92.0 Å². The number of amidine groups is 1. The molecule has 1 aromatic heterocycles. The molecule has 178 valence electrons. The Bertz CT molecular complexity index is 1300. The van der Waals surface area contributed by atoms with Crippen molar-refractivity contribution in [3.8, 4) is 11.5 Å². The molecule has 0 spiro atoms. The summed E-state index contributed by atoms with van der Waals surface area (Å²) in [6.45, 7) is 2.21. The van der Waals surface area contributed by atoms with E-state index >= 15 is 0 Å². The summed E-state index contributed by atoms with van der Waals surface area (Å²) in [4.78, 5) is 15.3. The number of methoxy groups -OCH3 is 2. The molecule has 35 heavy (non-hydrogen) atoms. The van der Waals surface area contributed by atoms with Gasteiger partial charge in [0.05, 0.1) is 38.1 Å². The van der Waals surface area contributed by atoms with Gasteiger partial charge in [-0.3, -0.25) is 9.69 Å². The van der Waals surface area contributed by atoms with E-state index in [-0.39, 0.29) is 12.5 Å². The van der Waals surface area contributed by atoms with Crippen LogP contribution in [0.4, 0.5) is 0 Å². The molecule has 0 unspecified atom stereocenters. The predicted octanol–water partition coefficient (Wildman–Crippen LogP) is 5.86. The van der Waals surface area contributed by atoms with Crippen molar-refractivity contribution in [1.82, 2.24) is 4.90 Å². The molecule has 3 aromatic rings. The first-order valence-electron chi connectivity index (χ1n) is 10.9. The minimum atomic E-state index is -0.174. The van der Waals surface area contributed by atoms with Crippen LogP contribution in [0.5, 0.6) is 11.5 Å². The van der Waals surface area contributed by atoms with Crippen LogP contribution in [0.25, 0.3) is 12.2 Å². The van der Waals surface area contributed by atoms with Gasteiger partial charge in [0.1, 0.15) is 5.76 Å². The van der Waals surface area contributed by atoms with Crippen molar-refractivity contribution in [3.05, 3.63) is 94.3 Å². The molecule has 2 heterocycles. The zero-order chi connectivity index (χ0) is 24.6. The lowest BCUT2D eigenvalue weighted by Crippen LogP contribution is -2.28. The smallest absolute Gasteiger partial charge is 0.267 e. The van der Waals surface area contributed by atoms with Gasteiger partial charge in [-0.05, 0) is 65.7 Å². The highest BCUT2D eigenvalue weighted by molar-refractivity contribution is 8.18. The maximum atomic E-state index is 13.3. The summed E-state index contributed by atoms with van der Waals surface area (Å²) in [6.07, 6.45) is 7.07. The van der Waals surface area contributed by atoms with Gasteiger partial charge in [-0.25, -0.2) is 0 Å². The van der Waals surface area contributed by atoms with Crippen LogP contribution < -0.4 is 9.47 Å². The molecule has 1 aliphatic heterocycles. The second kappa shape index (κ2) is 11.4. The number of hydrogen-bond acceptors (Lipinski definition) is 7. The first-order valence-corrected chi connectivity index (χ1v) is 11.7. The van der Waals surface area contributed by atoms with Crippen molar-refractivity contribution in [2.24, 2.45) is 10.2 Å². The van der Waals surface area contributed by atoms with E-state index in [9.17, 15) is 4.79 Å². The van der Waals surface area contributed by atoms with Crippen LogP contribution in [0.1, 0.15) is 23.8 Å². The van der Waals surface area contributed by atoms with E-state index in [1.54, 1.807) is 49.8 Å². The Morgan fingerprint density at radius 1 is 1.03 bits per heavy atom. The second-order valence-corrected chi connectivity index (χ2v) is 8.63. The maximum Gasteiger partial charge on any atom is 0.267 e. The van der Waals surface area contributed by atoms with Gasteiger partial charge in [-0.1, -0.05) is 42.5 Å². The van der Waals surface area contributed by atoms with Crippen LogP contribution >= 0.6 is 11.8 Å². The SMILES string of the molecule is COc1ccc(/C=C2\S\C(=N/N=C/C(C)=C/c3ccccc3)N(Cc3ccco3)C2=O)cc1OC. The number of ether oxygens (including phenoxy) is 2. The molecule has 1 amide bonds. The number of nitrogens with zero attached hydrogens (tertiary/aromatic N) is 3. The van der Waals surface area contributed by atoms with Crippen molar-refractivity contribution in [3.63, 3.8) is 0 Å². The summed E-state index contributed by atoms with van der Waals surface area (Å²) in [5, 5.41) is 9.07. The fraction of sp³-hybridized carbons (Fsp3) is 0.148. The molecule has 0 aliphatic carbocycles. The van der Waals surface area contributed by atoms with E-state index in [1.807, 2.05) is 61.5 Å². The molecule has 8 heteroatoms. The van der Waals surface area contributed by atoms with Crippen molar-refractivity contribution < 1.29 is 18.7 Å². The van der Waals surface area contributed by atoms with Gasteiger partial charge >= 0.3 is 0 Å². The summed E-state index contributed by atoms with van der Waals surface area (Å²) in [6, 6.07) is 19.1. The summed E-state index contributed by atoms with van der Waals surface area (Å²) in [5.41, 5.74) is 2.82. The normalized spacial score (nSPS) is 16.6. The lowest BCUT2D eigenvalue weighted by molar-refractivity contribution is -0.122. The Morgan fingerprint density at radius 2 is 1.83 bits per heavy atom. The molecular weight excluding hydrogens is 462 g/mol. The number of allylic oxidation sites excluding steroid dienone is 1. The van der Waals surface area contributed by atoms with Gasteiger partial charge in [0.25, 0.3) is 5.91 Å². The topological polar surface area (TPSA) is 76.6 Å². The van der Waals surface area contributed by atoms with Crippen molar-refractivity contribution in [2.45, 2.75) is 13.5 Å². The molecule has 7 nitrogen and oxygen atoms in total. The van der Waals surface area contributed by atoms with Gasteiger partial charge in [0, 0.05) is 0 Å². The third-order valence-corrected chi connectivity index (χ3v) is 6.08. The monoisotopic (exact) mass is 487 g/mol. The summed E-state index contributed by atoms with van der Waals surface area (Å²) >= 11 is 1.26.